The van der Waals surface area contributed by atoms with Crippen molar-refractivity contribution in [2.24, 2.45) is 11.8 Å². The zero-order chi connectivity index (χ0) is 13.2. The van der Waals surface area contributed by atoms with Gasteiger partial charge in [-0.2, -0.15) is 0 Å². The van der Waals surface area contributed by atoms with Crippen LogP contribution in [0.2, 0.25) is 17.6 Å². The largest absolute Gasteiger partial charge is 0.420 e. The second kappa shape index (κ2) is 6.09. The number of hydrogen-bond acceptors (Lipinski definition) is 1. The minimum atomic E-state index is -1.48. The Morgan fingerprint density at radius 1 is 0.722 bits per heavy atom. The highest BCUT2D eigenvalue weighted by molar-refractivity contribution is 6.75. The van der Waals surface area contributed by atoms with E-state index in [9.17, 15) is 0 Å². The molecule has 0 atom stereocenters. The van der Waals surface area contributed by atoms with Gasteiger partial charge in [0.1, 0.15) is 0 Å². The van der Waals surface area contributed by atoms with Crippen LogP contribution in [0.25, 0.3) is 0 Å². The van der Waals surface area contributed by atoms with E-state index in [1.165, 1.54) is 51.4 Å². The van der Waals surface area contributed by atoms with Crippen molar-refractivity contribution >= 4 is 8.32 Å². The molecule has 0 heterocycles. The molecular weight excluding hydrogens is 236 g/mol. The van der Waals surface area contributed by atoms with Crippen LogP contribution in [-0.4, -0.2) is 15.4 Å². The molecule has 0 spiro atoms. The average molecular weight is 269 g/mol. The Hall–Kier alpha value is 0.177. The van der Waals surface area contributed by atoms with Gasteiger partial charge in [0.2, 0.25) is 0 Å². The summed E-state index contributed by atoms with van der Waals surface area (Å²) in [5, 5.41) is 0. The van der Waals surface area contributed by atoms with E-state index in [1.807, 2.05) is 7.11 Å². The minimum Gasteiger partial charge on any atom is -0.420 e. The molecule has 0 aliphatic heterocycles. The lowest BCUT2D eigenvalue weighted by molar-refractivity contribution is 0.289. The van der Waals surface area contributed by atoms with Crippen molar-refractivity contribution in [3.05, 3.63) is 0 Å². The Kier molecular flexibility index (Phi) is 4.93. The normalized spacial score (nSPS) is 41.3. The van der Waals surface area contributed by atoms with Crippen LogP contribution in [0.1, 0.15) is 65.2 Å². The Bertz CT molecular complexity index is 228. The van der Waals surface area contributed by atoms with Gasteiger partial charge in [-0.25, -0.2) is 0 Å². The van der Waals surface area contributed by atoms with Gasteiger partial charge >= 0.3 is 0 Å². The molecule has 0 radical (unpaired) electrons. The van der Waals surface area contributed by atoms with Crippen molar-refractivity contribution in [3.8, 4) is 0 Å². The molecule has 0 unspecified atom stereocenters. The predicted octanol–water partition coefficient (Wildman–Crippen LogP) is 5.37. The molecule has 0 N–H and O–H groups in total. The summed E-state index contributed by atoms with van der Waals surface area (Å²) >= 11 is 0. The molecular formula is C16H32OSi. The zero-order valence-corrected chi connectivity index (χ0v) is 13.9. The zero-order valence-electron chi connectivity index (χ0n) is 12.9. The molecule has 1 nitrogen and oxygen atoms in total. The van der Waals surface area contributed by atoms with Gasteiger partial charge in [-0.1, -0.05) is 65.2 Å². The first kappa shape index (κ1) is 14.6. The first-order chi connectivity index (χ1) is 8.56. The first-order valence-electron chi connectivity index (χ1n) is 8.11. The molecule has 0 aromatic carbocycles. The lowest BCUT2D eigenvalue weighted by atomic mass is 9.90. The fourth-order valence-electron chi connectivity index (χ4n) is 4.33. The Morgan fingerprint density at radius 2 is 1.06 bits per heavy atom. The van der Waals surface area contributed by atoms with Crippen LogP contribution in [-0.2, 0) is 4.43 Å². The van der Waals surface area contributed by atoms with E-state index in [4.69, 9.17) is 4.43 Å². The SMILES string of the molecule is CO[Si](C)(C1CCC(C)CC1)C1CCC(C)CC1. The van der Waals surface area contributed by atoms with E-state index in [2.05, 4.69) is 20.4 Å². The minimum absolute atomic E-state index is 0.942. The molecule has 2 heteroatoms. The first-order valence-corrected chi connectivity index (χ1v) is 10.7. The van der Waals surface area contributed by atoms with Crippen molar-refractivity contribution in [2.75, 3.05) is 7.11 Å². The second-order valence-electron chi connectivity index (χ2n) is 7.30. The maximum atomic E-state index is 6.23. The molecule has 2 fully saturated rings. The van der Waals surface area contributed by atoms with E-state index in [1.54, 1.807) is 0 Å². The summed E-state index contributed by atoms with van der Waals surface area (Å²) in [5.41, 5.74) is 1.88. The van der Waals surface area contributed by atoms with Crippen molar-refractivity contribution in [1.82, 2.24) is 0 Å². The highest BCUT2D eigenvalue weighted by Gasteiger charge is 2.46. The third-order valence-electron chi connectivity index (χ3n) is 6.09. The van der Waals surface area contributed by atoms with Crippen LogP contribution >= 0.6 is 0 Å². The van der Waals surface area contributed by atoms with Crippen LogP contribution in [0.4, 0.5) is 0 Å². The van der Waals surface area contributed by atoms with E-state index < -0.39 is 8.32 Å². The molecule has 2 aliphatic carbocycles. The van der Waals surface area contributed by atoms with Gasteiger partial charge in [0.05, 0.1) is 0 Å². The smallest absolute Gasteiger partial charge is 0.195 e. The van der Waals surface area contributed by atoms with E-state index in [0.717, 1.165) is 22.9 Å². The van der Waals surface area contributed by atoms with Crippen LogP contribution in [0.3, 0.4) is 0 Å². The van der Waals surface area contributed by atoms with Gasteiger partial charge in [-0.05, 0) is 29.5 Å². The molecule has 2 rings (SSSR count). The Labute approximate surface area is 115 Å². The highest BCUT2D eigenvalue weighted by Crippen LogP contribution is 2.49. The highest BCUT2D eigenvalue weighted by atomic mass is 28.4. The summed E-state index contributed by atoms with van der Waals surface area (Å²) < 4.78 is 6.23. The van der Waals surface area contributed by atoms with E-state index in [0.29, 0.717) is 0 Å². The molecule has 0 aromatic rings. The second-order valence-corrected chi connectivity index (χ2v) is 11.7. The maximum Gasteiger partial charge on any atom is 0.195 e. The van der Waals surface area contributed by atoms with Gasteiger partial charge in [0.15, 0.2) is 8.32 Å². The summed E-state index contributed by atoms with van der Waals surface area (Å²) in [7, 11) is 0.535. The molecule has 18 heavy (non-hydrogen) atoms. The van der Waals surface area contributed by atoms with Crippen LogP contribution in [0.15, 0.2) is 0 Å². The van der Waals surface area contributed by atoms with Crippen molar-refractivity contribution < 1.29 is 4.43 Å². The fourth-order valence-corrected chi connectivity index (χ4v) is 8.63. The van der Waals surface area contributed by atoms with E-state index in [-0.39, 0.29) is 0 Å². The third kappa shape index (κ3) is 3.01. The molecule has 2 aliphatic rings. The Balaban J connectivity index is 2.00. The third-order valence-corrected chi connectivity index (χ3v) is 11.4. The maximum absolute atomic E-state index is 6.23. The van der Waals surface area contributed by atoms with Crippen molar-refractivity contribution in [3.63, 3.8) is 0 Å². The fraction of sp³-hybridized carbons (Fsp3) is 1.00. The molecule has 0 aromatic heterocycles. The van der Waals surface area contributed by atoms with Crippen LogP contribution in [0, 0.1) is 11.8 Å². The topological polar surface area (TPSA) is 9.23 Å². The molecule has 2 saturated carbocycles. The summed E-state index contributed by atoms with van der Waals surface area (Å²) in [6, 6.07) is 0. The lowest BCUT2D eigenvalue weighted by Gasteiger charge is -2.45. The summed E-state index contributed by atoms with van der Waals surface area (Å²) in [6.45, 7) is 7.39. The molecule has 0 saturated heterocycles. The van der Waals surface area contributed by atoms with Gasteiger partial charge in [0, 0.05) is 7.11 Å². The lowest BCUT2D eigenvalue weighted by Crippen LogP contribution is -2.46. The molecule has 106 valence electrons. The summed E-state index contributed by atoms with van der Waals surface area (Å²) in [5.74, 6) is 1.92. The average Bonchev–Trinajstić information content (AvgIpc) is 2.39. The van der Waals surface area contributed by atoms with Crippen LogP contribution < -0.4 is 0 Å². The van der Waals surface area contributed by atoms with Gasteiger partial charge in [-0.3, -0.25) is 0 Å². The van der Waals surface area contributed by atoms with Crippen molar-refractivity contribution in [1.29, 1.82) is 0 Å². The van der Waals surface area contributed by atoms with Gasteiger partial charge < -0.3 is 4.43 Å². The van der Waals surface area contributed by atoms with Gasteiger partial charge in [-0.15, -0.1) is 0 Å². The van der Waals surface area contributed by atoms with Gasteiger partial charge in [0.25, 0.3) is 0 Å². The Morgan fingerprint density at radius 3 is 1.33 bits per heavy atom. The summed E-state index contributed by atoms with van der Waals surface area (Å²) in [6.07, 6.45) is 11.6. The quantitative estimate of drug-likeness (QED) is 0.625. The van der Waals surface area contributed by atoms with Crippen molar-refractivity contribution in [2.45, 2.75) is 82.8 Å². The molecule has 0 amide bonds. The molecule has 0 bridgehead atoms. The predicted molar refractivity (Wildman–Crippen MR) is 81.4 cm³/mol. The standard InChI is InChI=1S/C16H32OSi/c1-13-5-9-15(10-6-13)18(4,17-3)16-11-7-14(2)8-12-16/h13-16H,5-12H2,1-4H3. The number of rotatable bonds is 3. The van der Waals surface area contributed by atoms with E-state index >= 15 is 0 Å². The monoisotopic (exact) mass is 268 g/mol. The van der Waals surface area contributed by atoms with Crippen LogP contribution in [0.5, 0.6) is 0 Å². The summed E-state index contributed by atoms with van der Waals surface area (Å²) in [4.78, 5) is 0. The number of hydrogen-bond donors (Lipinski definition) is 0.